The van der Waals surface area contributed by atoms with Crippen LogP contribution in [0.5, 0.6) is 0 Å². The van der Waals surface area contributed by atoms with Gasteiger partial charge in [-0.25, -0.2) is 0 Å². The third-order valence-electron chi connectivity index (χ3n) is 2.94. The molecule has 82 valence electrons. The molecule has 2 heterocycles. The highest BCUT2D eigenvalue weighted by Gasteiger charge is 2.20. The van der Waals surface area contributed by atoms with Crippen LogP contribution in [0.15, 0.2) is 24.5 Å². The molecule has 1 saturated heterocycles. The zero-order valence-electron chi connectivity index (χ0n) is 9.22. The topological polar surface area (TPSA) is 25.4 Å². The number of ether oxygens (including phenoxy) is 1. The Bertz CT molecular complexity index is 283. The van der Waals surface area contributed by atoms with Crippen molar-refractivity contribution in [3.05, 3.63) is 30.1 Å². The molecule has 3 heteroatoms. The van der Waals surface area contributed by atoms with E-state index in [1.165, 1.54) is 5.56 Å². The Hall–Kier alpha value is -0.930. The molecule has 1 aliphatic rings. The fourth-order valence-electron chi connectivity index (χ4n) is 2.17. The Morgan fingerprint density at radius 3 is 2.87 bits per heavy atom. The molecule has 0 saturated carbocycles. The number of nitrogens with zero attached hydrogens (tertiary/aromatic N) is 2. The molecule has 15 heavy (non-hydrogen) atoms. The highest BCUT2D eigenvalue weighted by molar-refractivity contribution is 5.14. The summed E-state index contributed by atoms with van der Waals surface area (Å²) in [6, 6.07) is 4.68. The third kappa shape index (κ3) is 2.55. The van der Waals surface area contributed by atoms with E-state index in [-0.39, 0.29) is 0 Å². The zero-order valence-corrected chi connectivity index (χ0v) is 9.22. The van der Waals surface area contributed by atoms with Gasteiger partial charge in [-0.15, -0.1) is 0 Å². The summed E-state index contributed by atoms with van der Waals surface area (Å²) in [6.45, 7) is 6.02. The molecule has 0 N–H and O–H groups in total. The van der Waals surface area contributed by atoms with Crippen LogP contribution in [0.4, 0.5) is 0 Å². The van der Waals surface area contributed by atoms with E-state index in [9.17, 15) is 0 Å². The molecular formula is C12H18N2O. The number of rotatable bonds is 3. The van der Waals surface area contributed by atoms with Crippen LogP contribution in [0.3, 0.4) is 0 Å². The normalized spacial score (nSPS) is 20.1. The molecule has 0 aromatic carbocycles. The summed E-state index contributed by atoms with van der Waals surface area (Å²) < 4.78 is 5.37. The van der Waals surface area contributed by atoms with Crippen LogP contribution in [0.1, 0.15) is 24.9 Å². The SMILES string of the molecule is CCC(c1cccnc1)N1CCOCC1. The zero-order chi connectivity index (χ0) is 10.5. The summed E-state index contributed by atoms with van der Waals surface area (Å²) in [4.78, 5) is 6.68. The smallest absolute Gasteiger partial charge is 0.0594 e. The summed E-state index contributed by atoms with van der Waals surface area (Å²) in [7, 11) is 0. The van der Waals surface area contributed by atoms with E-state index in [0.29, 0.717) is 6.04 Å². The largest absolute Gasteiger partial charge is 0.379 e. The molecule has 3 nitrogen and oxygen atoms in total. The third-order valence-corrected chi connectivity index (χ3v) is 2.94. The summed E-state index contributed by atoms with van der Waals surface area (Å²) in [6.07, 6.45) is 4.94. The molecule has 1 aromatic rings. The second-order valence-electron chi connectivity index (χ2n) is 3.86. The molecule has 1 unspecified atom stereocenters. The highest BCUT2D eigenvalue weighted by atomic mass is 16.5. The quantitative estimate of drug-likeness (QED) is 0.755. The predicted molar refractivity (Wildman–Crippen MR) is 59.7 cm³/mol. The van der Waals surface area contributed by atoms with E-state index in [0.717, 1.165) is 32.7 Å². The van der Waals surface area contributed by atoms with Gasteiger partial charge in [-0.3, -0.25) is 9.88 Å². The average molecular weight is 206 g/mol. The standard InChI is InChI=1S/C12H18N2O/c1-2-12(11-4-3-5-13-10-11)14-6-8-15-9-7-14/h3-5,10,12H,2,6-9H2,1H3. The lowest BCUT2D eigenvalue weighted by Crippen LogP contribution is -2.38. The fourth-order valence-corrected chi connectivity index (χ4v) is 2.17. The maximum atomic E-state index is 5.37. The van der Waals surface area contributed by atoms with E-state index in [1.807, 2.05) is 18.5 Å². The van der Waals surface area contributed by atoms with Crippen molar-refractivity contribution in [3.8, 4) is 0 Å². The van der Waals surface area contributed by atoms with Crippen molar-refractivity contribution in [3.63, 3.8) is 0 Å². The molecule has 0 radical (unpaired) electrons. The minimum atomic E-state index is 0.502. The summed E-state index contributed by atoms with van der Waals surface area (Å²) >= 11 is 0. The first-order valence-electron chi connectivity index (χ1n) is 5.63. The first kappa shape index (κ1) is 10.6. The molecule has 1 aromatic heterocycles. The van der Waals surface area contributed by atoms with Crippen molar-refractivity contribution in [2.75, 3.05) is 26.3 Å². The van der Waals surface area contributed by atoms with Gasteiger partial charge < -0.3 is 4.74 Å². The first-order chi connectivity index (χ1) is 7.42. The van der Waals surface area contributed by atoms with Gasteiger partial charge in [0, 0.05) is 31.5 Å². The van der Waals surface area contributed by atoms with Crippen LogP contribution in [-0.4, -0.2) is 36.2 Å². The van der Waals surface area contributed by atoms with Crippen LogP contribution in [0.2, 0.25) is 0 Å². The van der Waals surface area contributed by atoms with E-state index in [2.05, 4.69) is 22.9 Å². The molecule has 2 rings (SSSR count). The molecule has 0 bridgehead atoms. The first-order valence-corrected chi connectivity index (χ1v) is 5.63. The van der Waals surface area contributed by atoms with E-state index < -0.39 is 0 Å². The van der Waals surface area contributed by atoms with Gasteiger partial charge >= 0.3 is 0 Å². The summed E-state index contributed by atoms with van der Waals surface area (Å²) in [5.41, 5.74) is 1.32. The Balaban J connectivity index is 2.09. The lowest BCUT2D eigenvalue weighted by atomic mass is 10.0. The minimum Gasteiger partial charge on any atom is -0.379 e. The number of aromatic nitrogens is 1. The average Bonchev–Trinajstić information content (AvgIpc) is 2.33. The van der Waals surface area contributed by atoms with E-state index in [1.54, 1.807) is 0 Å². The Morgan fingerprint density at radius 2 is 2.27 bits per heavy atom. The van der Waals surface area contributed by atoms with E-state index >= 15 is 0 Å². The van der Waals surface area contributed by atoms with Crippen molar-refractivity contribution in [1.29, 1.82) is 0 Å². The second kappa shape index (κ2) is 5.24. The lowest BCUT2D eigenvalue weighted by Gasteiger charge is -2.34. The summed E-state index contributed by atoms with van der Waals surface area (Å²) in [5.74, 6) is 0. The highest BCUT2D eigenvalue weighted by Crippen LogP contribution is 2.23. The molecular weight excluding hydrogens is 188 g/mol. The monoisotopic (exact) mass is 206 g/mol. The van der Waals surface area contributed by atoms with Crippen LogP contribution < -0.4 is 0 Å². The molecule has 1 fully saturated rings. The van der Waals surface area contributed by atoms with Gasteiger partial charge in [0.15, 0.2) is 0 Å². The minimum absolute atomic E-state index is 0.502. The van der Waals surface area contributed by atoms with Crippen LogP contribution in [0.25, 0.3) is 0 Å². The molecule has 0 spiro atoms. The van der Waals surface area contributed by atoms with Crippen molar-refractivity contribution < 1.29 is 4.74 Å². The fraction of sp³-hybridized carbons (Fsp3) is 0.583. The molecule has 1 atom stereocenters. The Labute approximate surface area is 91.1 Å². The summed E-state index contributed by atoms with van der Waals surface area (Å²) in [5, 5.41) is 0. The maximum absolute atomic E-state index is 5.37. The number of hydrogen-bond donors (Lipinski definition) is 0. The van der Waals surface area contributed by atoms with Gasteiger partial charge in [-0.2, -0.15) is 0 Å². The van der Waals surface area contributed by atoms with Crippen molar-refractivity contribution in [1.82, 2.24) is 9.88 Å². The van der Waals surface area contributed by atoms with Crippen molar-refractivity contribution >= 4 is 0 Å². The number of pyridine rings is 1. The van der Waals surface area contributed by atoms with Gasteiger partial charge in [0.1, 0.15) is 0 Å². The van der Waals surface area contributed by atoms with Gasteiger partial charge in [-0.1, -0.05) is 13.0 Å². The van der Waals surface area contributed by atoms with E-state index in [4.69, 9.17) is 4.74 Å². The lowest BCUT2D eigenvalue weighted by molar-refractivity contribution is 0.0152. The number of hydrogen-bond acceptors (Lipinski definition) is 3. The van der Waals surface area contributed by atoms with Crippen LogP contribution in [-0.2, 0) is 4.74 Å². The van der Waals surface area contributed by atoms with Crippen molar-refractivity contribution in [2.24, 2.45) is 0 Å². The maximum Gasteiger partial charge on any atom is 0.0594 e. The second-order valence-corrected chi connectivity index (χ2v) is 3.86. The van der Waals surface area contributed by atoms with Crippen LogP contribution >= 0.6 is 0 Å². The molecule has 0 aliphatic carbocycles. The van der Waals surface area contributed by atoms with Gasteiger partial charge in [0.05, 0.1) is 13.2 Å². The Kier molecular flexibility index (Phi) is 3.69. The van der Waals surface area contributed by atoms with Crippen LogP contribution in [0, 0.1) is 0 Å². The van der Waals surface area contributed by atoms with Gasteiger partial charge in [-0.05, 0) is 18.1 Å². The molecule has 0 amide bonds. The number of morpholine rings is 1. The Morgan fingerprint density at radius 1 is 1.47 bits per heavy atom. The van der Waals surface area contributed by atoms with Gasteiger partial charge in [0.25, 0.3) is 0 Å². The van der Waals surface area contributed by atoms with Crippen molar-refractivity contribution in [2.45, 2.75) is 19.4 Å². The predicted octanol–water partition coefficient (Wildman–Crippen LogP) is 1.86. The molecule has 1 aliphatic heterocycles. The van der Waals surface area contributed by atoms with Gasteiger partial charge in [0.2, 0.25) is 0 Å².